The summed E-state index contributed by atoms with van der Waals surface area (Å²) in [7, 11) is 1.67. The molecule has 5 heteroatoms. The smallest absolute Gasteiger partial charge is 0.338 e. The Kier molecular flexibility index (Phi) is 7.69. The minimum atomic E-state index is -0.304. The molecule has 0 amide bonds. The molecule has 0 bridgehead atoms. The number of benzene rings is 1. The summed E-state index contributed by atoms with van der Waals surface area (Å²) in [5.74, 6) is -0.304. The minimum absolute atomic E-state index is 0.181. The van der Waals surface area contributed by atoms with E-state index in [0.717, 1.165) is 18.5 Å². The maximum absolute atomic E-state index is 11.7. The zero-order chi connectivity index (χ0) is 14.8. The lowest BCUT2D eigenvalue weighted by Gasteiger charge is -2.19. The Morgan fingerprint density at radius 1 is 1.45 bits per heavy atom. The fourth-order valence-corrected chi connectivity index (χ4v) is 1.95. The van der Waals surface area contributed by atoms with Crippen molar-refractivity contribution in [3.63, 3.8) is 0 Å². The van der Waals surface area contributed by atoms with Gasteiger partial charge in [-0.3, -0.25) is 0 Å². The van der Waals surface area contributed by atoms with Crippen LogP contribution in [0.1, 0.15) is 30.1 Å². The van der Waals surface area contributed by atoms with Crippen LogP contribution >= 0.6 is 0 Å². The van der Waals surface area contributed by atoms with E-state index in [1.54, 1.807) is 26.2 Å². The van der Waals surface area contributed by atoms with Crippen molar-refractivity contribution in [2.24, 2.45) is 5.73 Å². The molecule has 1 rings (SSSR count). The van der Waals surface area contributed by atoms with E-state index in [1.807, 2.05) is 12.1 Å². The van der Waals surface area contributed by atoms with Gasteiger partial charge in [-0.1, -0.05) is 6.07 Å². The van der Waals surface area contributed by atoms with Gasteiger partial charge in [-0.15, -0.1) is 0 Å². The van der Waals surface area contributed by atoms with Crippen LogP contribution in [0, 0.1) is 0 Å². The van der Waals surface area contributed by atoms with Crippen molar-refractivity contribution in [3.05, 3.63) is 29.8 Å². The standard InChI is InChI=1S/C15H24N2O3/c1-3-20-15(18)12-6-4-7-13(10-12)17-14(11-19-2)8-5-9-16/h4,6-7,10,14,17H,3,5,8-9,11,16H2,1-2H3. The van der Waals surface area contributed by atoms with Crippen molar-refractivity contribution in [1.29, 1.82) is 0 Å². The molecule has 0 radical (unpaired) electrons. The summed E-state index contributed by atoms with van der Waals surface area (Å²) in [4.78, 5) is 11.7. The number of anilines is 1. The molecule has 0 aliphatic heterocycles. The summed E-state index contributed by atoms with van der Waals surface area (Å²) < 4.78 is 10.2. The molecule has 20 heavy (non-hydrogen) atoms. The summed E-state index contributed by atoms with van der Waals surface area (Å²) in [6.07, 6.45) is 1.85. The summed E-state index contributed by atoms with van der Waals surface area (Å²) in [5.41, 5.74) is 6.97. The Bertz CT molecular complexity index is 410. The highest BCUT2D eigenvalue weighted by molar-refractivity contribution is 5.90. The van der Waals surface area contributed by atoms with Gasteiger partial charge < -0.3 is 20.5 Å². The Hall–Kier alpha value is -1.59. The molecule has 1 aromatic rings. The average Bonchev–Trinajstić information content (AvgIpc) is 2.45. The van der Waals surface area contributed by atoms with Crippen molar-refractivity contribution in [1.82, 2.24) is 0 Å². The van der Waals surface area contributed by atoms with Gasteiger partial charge in [0.1, 0.15) is 0 Å². The predicted octanol–water partition coefficient (Wildman–Crippen LogP) is 2.03. The number of nitrogens with two attached hydrogens (primary N) is 1. The van der Waals surface area contributed by atoms with Crippen LogP contribution in [0.25, 0.3) is 0 Å². The number of methoxy groups -OCH3 is 1. The number of hydrogen-bond donors (Lipinski definition) is 2. The maximum Gasteiger partial charge on any atom is 0.338 e. The molecule has 0 aliphatic carbocycles. The Morgan fingerprint density at radius 2 is 2.25 bits per heavy atom. The van der Waals surface area contributed by atoms with Gasteiger partial charge in [-0.2, -0.15) is 0 Å². The van der Waals surface area contributed by atoms with Gasteiger partial charge in [0, 0.05) is 18.8 Å². The van der Waals surface area contributed by atoms with E-state index in [1.165, 1.54) is 0 Å². The van der Waals surface area contributed by atoms with Crippen LogP contribution in [0.5, 0.6) is 0 Å². The van der Waals surface area contributed by atoms with Crippen molar-refractivity contribution >= 4 is 11.7 Å². The first-order chi connectivity index (χ1) is 9.71. The van der Waals surface area contributed by atoms with E-state index >= 15 is 0 Å². The van der Waals surface area contributed by atoms with Crippen LogP contribution in [-0.4, -0.2) is 38.9 Å². The largest absolute Gasteiger partial charge is 0.462 e. The monoisotopic (exact) mass is 280 g/mol. The number of nitrogens with one attached hydrogen (secondary N) is 1. The summed E-state index contributed by atoms with van der Waals surface area (Å²) in [6, 6.07) is 7.48. The zero-order valence-electron chi connectivity index (χ0n) is 12.2. The number of hydrogen-bond acceptors (Lipinski definition) is 5. The maximum atomic E-state index is 11.7. The first-order valence-corrected chi connectivity index (χ1v) is 6.94. The molecule has 112 valence electrons. The van der Waals surface area contributed by atoms with Gasteiger partial charge in [-0.05, 0) is 44.5 Å². The highest BCUT2D eigenvalue weighted by Gasteiger charge is 2.10. The second-order valence-electron chi connectivity index (χ2n) is 4.53. The lowest BCUT2D eigenvalue weighted by atomic mass is 10.1. The van der Waals surface area contributed by atoms with E-state index < -0.39 is 0 Å². The van der Waals surface area contributed by atoms with E-state index in [9.17, 15) is 4.79 Å². The number of carbonyl (C=O) groups is 1. The molecule has 0 aromatic heterocycles. The fraction of sp³-hybridized carbons (Fsp3) is 0.533. The zero-order valence-corrected chi connectivity index (χ0v) is 12.2. The topological polar surface area (TPSA) is 73.6 Å². The molecule has 0 fully saturated rings. The normalized spacial score (nSPS) is 11.9. The van der Waals surface area contributed by atoms with Crippen LogP contribution in [0.4, 0.5) is 5.69 Å². The molecule has 0 saturated heterocycles. The summed E-state index contributed by atoms with van der Waals surface area (Å²) in [6.45, 7) is 3.43. The third kappa shape index (κ3) is 5.59. The SMILES string of the molecule is CCOC(=O)c1cccc(NC(CCCN)COC)c1. The van der Waals surface area contributed by atoms with Crippen molar-refractivity contribution < 1.29 is 14.3 Å². The number of esters is 1. The highest BCUT2D eigenvalue weighted by Crippen LogP contribution is 2.14. The molecule has 1 aromatic carbocycles. The first kappa shape index (κ1) is 16.5. The number of ether oxygens (including phenoxy) is 2. The lowest BCUT2D eigenvalue weighted by molar-refractivity contribution is 0.0526. The number of rotatable bonds is 9. The highest BCUT2D eigenvalue weighted by atomic mass is 16.5. The van der Waals surface area contributed by atoms with Gasteiger partial charge in [-0.25, -0.2) is 4.79 Å². The lowest BCUT2D eigenvalue weighted by Crippen LogP contribution is -2.26. The van der Waals surface area contributed by atoms with Crippen LogP contribution in [0.15, 0.2) is 24.3 Å². The second kappa shape index (κ2) is 9.34. The molecule has 0 heterocycles. The third-order valence-corrected chi connectivity index (χ3v) is 2.87. The molecule has 5 nitrogen and oxygen atoms in total. The van der Waals surface area contributed by atoms with Crippen LogP contribution in [0.2, 0.25) is 0 Å². The van der Waals surface area contributed by atoms with E-state index in [2.05, 4.69) is 5.32 Å². The Balaban J connectivity index is 2.69. The second-order valence-corrected chi connectivity index (χ2v) is 4.53. The Morgan fingerprint density at radius 3 is 2.90 bits per heavy atom. The molecule has 3 N–H and O–H groups in total. The summed E-state index contributed by atoms with van der Waals surface area (Å²) in [5, 5.41) is 3.36. The average molecular weight is 280 g/mol. The molecule has 0 aliphatic rings. The first-order valence-electron chi connectivity index (χ1n) is 6.94. The van der Waals surface area contributed by atoms with Crippen molar-refractivity contribution in [3.8, 4) is 0 Å². The van der Waals surface area contributed by atoms with Crippen LogP contribution < -0.4 is 11.1 Å². The Labute approximate surface area is 120 Å². The van der Waals surface area contributed by atoms with Gasteiger partial charge in [0.05, 0.1) is 18.8 Å². The predicted molar refractivity (Wildman–Crippen MR) is 80.0 cm³/mol. The van der Waals surface area contributed by atoms with Crippen molar-refractivity contribution in [2.75, 3.05) is 32.2 Å². The van der Waals surface area contributed by atoms with Gasteiger partial charge in [0.15, 0.2) is 0 Å². The molecule has 0 saturated carbocycles. The quantitative estimate of drug-likeness (QED) is 0.677. The minimum Gasteiger partial charge on any atom is -0.462 e. The number of carbonyl (C=O) groups excluding carboxylic acids is 1. The summed E-state index contributed by atoms with van der Waals surface area (Å²) >= 11 is 0. The van der Waals surface area contributed by atoms with Crippen LogP contribution in [-0.2, 0) is 9.47 Å². The van der Waals surface area contributed by atoms with E-state index in [-0.39, 0.29) is 12.0 Å². The van der Waals surface area contributed by atoms with Gasteiger partial charge in [0.2, 0.25) is 0 Å². The fourth-order valence-electron chi connectivity index (χ4n) is 1.95. The third-order valence-electron chi connectivity index (χ3n) is 2.87. The molecule has 1 atom stereocenters. The van der Waals surface area contributed by atoms with Crippen molar-refractivity contribution in [2.45, 2.75) is 25.8 Å². The van der Waals surface area contributed by atoms with E-state index in [0.29, 0.717) is 25.3 Å². The molecular formula is C15H24N2O3. The molecule has 0 spiro atoms. The molecule has 1 unspecified atom stereocenters. The van der Waals surface area contributed by atoms with Gasteiger partial charge in [0.25, 0.3) is 0 Å². The van der Waals surface area contributed by atoms with Crippen LogP contribution in [0.3, 0.4) is 0 Å². The van der Waals surface area contributed by atoms with Gasteiger partial charge >= 0.3 is 5.97 Å². The van der Waals surface area contributed by atoms with E-state index in [4.69, 9.17) is 15.2 Å². The molecular weight excluding hydrogens is 256 g/mol.